The molecule has 0 saturated carbocycles. The van der Waals surface area contributed by atoms with Gasteiger partial charge in [0, 0.05) is 1.37 Å². The van der Waals surface area contributed by atoms with Crippen LogP contribution in [-0.2, 0) is 4.46 Å². The van der Waals surface area contributed by atoms with Crippen LogP contribution in [0.2, 0.25) is 12.1 Å². The molecule has 0 N–H and O–H groups in total. The summed E-state index contributed by atoms with van der Waals surface area (Å²) in [5, 5.41) is 0. The van der Waals surface area contributed by atoms with Crippen molar-refractivity contribution in [2.75, 3.05) is 0 Å². The number of rotatable bonds is 0. The molecule has 1 aliphatic rings. The number of hydrogen-bond acceptors (Lipinski definition) is 1. The average Bonchev–Trinajstić information content (AvgIpc) is 2.08. The summed E-state index contributed by atoms with van der Waals surface area (Å²) < 4.78 is 19.0. The maximum atomic E-state index is 11.4. The lowest BCUT2D eigenvalue weighted by atomic mass is 10.1. The highest BCUT2D eigenvalue weighted by Gasteiger charge is 2.05. The first-order chi connectivity index (χ1) is 5.80. The van der Waals surface area contributed by atoms with E-state index in [-0.39, 0.29) is 6.02 Å². The largest absolute Gasteiger partial charge is 0.388 e. The molecule has 2 heteroatoms. The van der Waals surface area contributed by atoms with Gasteiger partial charge >= 0.3 is 0 Å². The molecule has 0 amide bonds. The normalized spacial score (nSPS) is 31.1. The van der Waals surface area contributed by atoms with Crippen LogP contribution in [0.15, 0.2) is 0 Å². The molecule has 1 aliphatic heterocycles. The summed E-state index contributed by atoms with van der Waals surface area (Å²) in [5.41, 5.74) is 0. The molecule has 11 heavy (non-hydrogen) atoms. The van der Waals surface area contributed by atoms with Gasteiger partial charge in [0.25, 0.3) is 8.68 Å². The topological polar surface area (TPSA) is 17.1 Å². The lowest BCUT2D eigenvalue weighted by Gasteiger charge is -2.04. The summed E-state index contributed by atoms with van der Waals surface area (Å²) in [7, 11) is -1.55. The fourth-order valence-electron chi connectivity index (χ4n) is 1.52. The summed E-state index contributed by atoms with van der Waals surface area (Å²) >= 11 is 0. The highest BCUT2D eigenvalue weighted by Crippen LogP contribution is 2.14. The minimum Gasteiger partial charge on any atom is -0.388 e. The first-order valence-corrected chi connectivity index (χ1v) is 6.45. The Hall–Kier alpha value is 0.0169. The third kappa shape index (κ3) is 4.46. The third-order valence-electron chi connectivity index (χ3n) is 2.25. The van der Waals surface area contributed by atoms with Crippen LogP contribution in [0, 0.1) is 0 Å². The zero-order valence-corrected chi connectivity index (χ0v) is 8.14. The zero-order valence-electron chi connectivity index (χ0n) is 8.14. The SMILES string of the molecule is [2H]C1CCCCCCCC[Si]1=O. The molecule has 0 aromatic heterocycles. The summed E-state index contributed by atoms with van der Waals surface area (Å²) in [6.07, 6.45) is 8.16. The van der Waals surface area contributed by atoms with Crippen LogP contribution in [0.5, 0.6) is 0 Å². The van der Waals surface area contributed by atoms with Crippen LogP contribution < -0.4 is 0 Å². The second-order valence-corrected chi connectivity index (χ2v) is 5.17. The maximum Gasteiger partial charge on any atom is 0.276 e. The number of hydrogen-bond donors (Lipinski definition) is 0. The molecule has 1 fully saturated rings. The zero-order chi connectivity index (χ0) is 8.81. The quantitative estimate of drug-likeness (QED) is 0.512. The molecule has 0 aromatic rings. The van der Waals surface area contributed by atoms with Gasteiger partial charge < -0.3 is 4.46 Å². The van der Waals surface area contributed by atoms with Crippen LogP contribution in [0.1, 0.15) is 46.3 Å². The van der Waals surface area contributed by atoms with E-state index in [4.69, 9.17) is 1.37 Å². The van der Waals surface area contributed by atoms with Crippen molar-refractivity contribution in [2.45, 2.75) is 57.0 Å². The summed E-state index contributed by atoms with van der Waals surface area (Å²) in [5.74, 6) is 0. The van der Waals surface area contributed by atoms with Crippen LogP contribution in [0.3, 0.4) is 0 Å². The average molecular weight is 171 g/mol. The van der Waals surface area contributed by atoms with Gasteiger partial charge in [-0.15, -0.1) is 0 Å². The van der Waals surface area contributed by atoms with Gasteiger partial charge in [0.15, 0.2) is 0 Å². The maximum absolute atomic E-state index is 11.4. The highest BCUT2D eigenvalue weighted by molar-refractivity contribution is 6.42. The van der Waals surface area contributed by atoms with E-state index in [1.165, 1.54) is 25.7 Å². The summed E-state index contributed by atoms with van der Waals surface area (Å²) in [6, 6.07) is 0.604. The summed E-state index contributed by atoms with van der Waals surface area (Å²) in [4.78, 5) is 0. The highest BCUT2D eigenvalue weighted by atomic mass is 28.3. The lowest BCUT2D eigenvalue weighted by Crippen LogP contribution is -1.99. The lowest BCUT2D eigenvalue weighted by molar-refractivity contribution is 0.534. The minimum atomic E-state index is -1.55. The van der Waals surface area contributed by atoms with Crippen molar-refractivity contribution >= 4 is 8.68 Å². The molecule has 0 radical (unpaired) electrons. The Balaban J connectivity index is 2.31. The van der Waals surface area contributed by atoms with Crippen molar-refractivity contribution in [1.82, 2.24) is 0 Å². The molecule has 1 unspecified atom stereocenters. The van der Waals surface area contributed by atoms with Crippen LogP contribution in [-0.4, -0.2) is 8.68 Å². The molecular weight excluding hydrogens is 152 g/mol. The Labute approximate surface area is 72.3 Å². The van der Waals surface area contributed by atoms with Gasteiger partial charge in [0.1, 0.15) is 0 Å². The molecule has 1 atom stereocenters. The standard InChI is InChI=1S/C9H18OSi/c10-11-8-6-4-2-1-3-5-7-9-11/h1-9H2/i8D. The monoisotopic (exact) mass is 171 g/mol. The van der Waals surface area contributed by atoms with Gasteiger partial charge in [-0.25, -0.2) is 0 Å². The Bertz CT molecular complexity index is 149. The predicted molar refractivity (Wildman–Crippen MR) is 48.4 cm³/mol. The van der Waals surface area contributed by atoms with Gasteiger partial charge in [-0.2, -0.15) is 0 Å². The van der Waals surface area contributed by atoms with Crippen LogP contribution in [0.25, 0.3) is 0 Å². The molecule has 0 aliphatic carbocycles. The molecule has 1 nitrogen and oxygen atoms in total. The fraction of sp³-hybridized carbons (Fsp3) is 1.00. The van der Waals surface area contributed by atoms with Crippen molar-refractivity contribution in [2.24, 2.45) is 0 Å². The molecule has 1 saturated heterocycles. The van der Waals surface area contributed by atoms with Crippen molar-refractivity contribution in [3.05, 3.63) is 0 Å². The second-order valence-electron chi connectivity index (χ2n) is 3.33. The van der Waals surface area contributed by atoms with Gasteiger partial charge in [-0.3, -0.25) is 0 Å². The van der Waals surface area contributed by atoms with Crippen LogP contribution in [0.4, 0.5) is 0 Å². The van der Waals surface area contributed by atoms with E-state index >= 15 is 0 Å². The Kier molecular flexibility index (Phi) is 3.92. The van der Waals surface area contributed by atoms with Gasteiger partial charge in [0.2, 0.25) is 0 Å². The van der Waals surface area contributed by atoms with E-state index in [0.717, 1.165) is 25.3 Å². The van der Waals surface area contributed by atoms with Crippen molar-refractivity contribution < 1.29 is 5.83 Å². The second kappa shape index (κ2) is 5.64. The molecule has 1 heterocycles. The molecule has 1 rings (SSSR count). The van der Waals surface area contributed by atoms with Gasteiger partial charge in [-0.05, 0) is 24.9 Å². The molecule has 64 valence electrons. The first-order valence-electron chi connectivity index (χ1n) is 5.33. The Morgan fingerprint density at radius 3 is 2.18 bits per heavy atom. The molecule has 0 bridgehead atoms. The minimum absolute atomic E-state index is 0.229. The van der Waals surface area contributed by atoms with Crippen LogP contribution >= 0.6 is 0 Å². The van der Waals surface area contributed by atoms with E-state index in [1.54, 1.807) is 0 Å². The molecular formula is C9H18OSi. The van der Waals surface area contributed by atoms with Crippen molar-refractivity contribution in [1.29, 1.82) is 0 Å². The van der Waals surface area contributed by atoms with E-state index < -0.39 is 8.68 Å². The Morgan fingerprint density at radius 1 is 0.909 bits per heavy atom. The first kappa shape index (κ1) is 7.65. The smallest absolute Gasteiger partial charge is 0.276 e. The van der Waals surface area contributed by atoms with Crippen molar-refractivity contribution in [3.63, 3.8) is 0 Å². The Morgan fingerprint density at radius 2 is 1.45 bits per heavy atom. The third-order valence-corrected chi connectivity index (χ3v) is 3.84. The summed E-state index contributed by atoms with van der Waals surface area (Å²) in [6.45, 7) is 0. The predicted octanol–water partition coefficient (Wildman–Crippen LogP) is 3.15. The van der Waals surface area contributed by atoms with Gasteiger partial charge in [0.05, 0.1) is 0 Å². The van der Waals surface area contributed by atoms with Crippen molar-refractivity contribution in [3.8, 4) is 0 Å². The molecule has 0 aromatic carbocycles. The fourth-order valence-corrected chi connectivity index (χ4v) is 2.84. The van der Waals surface area contributed by atoms with E-state index in [2.05, 4.69) is 0 Å². The van der Waals surface area contributed by atoms with E-state index in [1.807, 2.05) is 0 Å². The van der Waals surface area contributed by atoms with Gasteiger partial charge in [-0.1, -0.05) is 32.1 Å². The van der Waals surface area contributed by atoms with E-state index in [0.29, 0.717) is 0 Å². The molecule has 0 spiro atoms. The van der Waals surface area contributed by atoms with E-state index in [9.17, 15) is 4.46 Å².